The average Bonchev–Trinajstić information content (AvgIpc) is 3.50. The van der Waals surface area contributed by atoms with Crippen LogP contribution in [-0.4, -0.2) is 21.8 Å². The molecule has 1 N–H and O–H groups in total. The molecule has 1 atom stereocenters. The largest absolute Gasteiger partial charge is 0.334 e. The molecule has 35 heavy (non-hydrogen) atoms. The van der Waals surface area contributed by atoms with E-state index in [1.165, 1.54) is 38.7 Å². The summed E-state index contributed by atoms with van der Waals surface area (Å²) >= 11 is 3.67. The second-order valence-corrected chi connectivity index (χ2v) is 11.2. The Kier molecular flexibility index (Phi) is 6.17. The highest BCUT2D eigenvalue weighted by Crippen LogP contribution is 2.44. The normalized spacial score (nSPS) is 16.7. The minimum atomic E-state index is -0.157. The Morgan fingerprint density at radius 3 is 2.60 bits per heavy atom. The van der Waals surface area contributed by atoms with E-state index in [4.69, 9.17) is 0 Å². The van der Waals surface area contributed by atoms with Crippen LogP contribution in [0.3, 0.4) is 0 Å². The van der Waals surface area contributed by atoms with Gasteiger partial charge >= 0.3 is 6.03 Å². The first-order chi connectivity index (χ1) is 17.2. The van der Waals surface area contributed by atoms with Crippen LogP contribution in [-0.2, 0) is 25.9 Å². The smallest absolute Gasteiger partial charge is 0.318 e. The van der Waals surface area contributed by atoms with E-state index in [-0.39, 0.29) is 12.1 Å². The van der Waals surface area contributed by atoms with E-state index < -0.39 is 0 Å². The predicted molar refractivity (Wildman–Crippen MR) is 145 cm³/mol. The molecule has 4 aromatic rings. The van der Waals surface area contributed by atoms with Gasteiger partial charge in [-0.2, -0.15) is 0 Å². The first-order valence-corrected chi connectivity index (χ1v) is 14.3. The van der Waals surface area contributed by atoms with Crippen molar-refractivity contribution < 1.29 is 4.79 Å². The lowest BCUT2D eigenvalue weighted by Gasteiger charge is -2.31. The number of carbonyl (C=O) groups excluding carboxylic acids is 1. The molecule has 2 aromatic heterocycles. The molecule has 0 unspecified atom stereocenters. The molecule has 6 heteroatoms. The highest BCUT2D eigenvalue weighted by molar-refractivity contribution is 7.98. The number of thioether (sulfide) groups is 1. The van der Waals surface area contributed by atoms with Crippen LogP contribution in [0.1, 0.15) is 51.7 Å². The van der Waals surface area contributed by atoms with E-state index >= 15 is 0 Å². The molecule has 0 spiro atoms. The van der Waals surface area contributed by atoms with Gasteiger partial charge < -0.3 is 14.8 Å². The lowest BCUT2D eigenvalue weighted by molar-refractivity contribution is 0.180. The lowest BCUT2D eigenvalue weighted by atomic mass is 9.95. The third-order valence-corrected chi connectivity index (χ3v) is 9.23. The van der Waals surface area contributed by atoms with E-state index in [2.05, 4.69) is 75.8 Å². The fourth-order valence-corrected chi connectivity index (χ4v) is 7.21. The molecule has 6 rings (SSSR count). The Morgan fingerprint density at radius 2 is 1.80 bits per heavy atom. The molecule has 2 amide bonds. The second kappa shape index (κ2) is 9.59. The van der Waals surface area contributed by atoms with E-state index in [9.17, 15) is 4.79 Å². The Hall–Kier alpha value is -2.96. The summed E-state index contributed by atoms with van der Waals surface area (Å²) in [6.07, 6.45) is 9.03. The quantitative estimate of drug-likeness (QED) is 0.308. The van der Waals surface area contributed by atoms with E-state index in [1.54, 1.807) is 11.8 Å². The molecule has 1 aliphatic heterocycles. The number of aromatic nitrogens is 1. The zero-order valence-corrected chi connectivity index (χ0v) is 21.5. The molecular weight excluding hydrogens is 470 g/mol. The number of fused-ring (bicyclic) bond motifs is 5. The van der Waals surface area contributed by atoms with Gasteiger partial charge in [0.1, 0.15) is 5.00 Å². The number of nitrogens with zero attached hydrogens (tertiary/aromatic N) is 2. The monoisotopic (exact) mass is 499 g/mol. The summed E-state index contributed by atoms with van der Waals surface area (Å²) in [5, 5.41) is 4.51. The first-order valence-electron chi connectivity index (χ1n) is 12.3. The van der Waals surface area contributed by atoms with Crippen LogP contribution in [0, 0.1) is 0 Å². The maximum absolute atomic E-state index is 13.9. The molecule has 3 heterocycles. The number of thiophene rings is 1. The standard InChI is InChI=1S/C29H29N3OS2/c1-34-22-15-13-21(14-16-22)27-25-11-7-17-31(25)28-24(23-10-5-6-12-26(23)35-28)19-32(27)29(33)30-18-20-8-3-2-4-9-20/h2-4,7-9,11,13-17,27H,5-6,10,12,18-19H2,1H3,(H,30,33)/t27-/m1/s1. The van der Waals surface area contributed by atoms with Crippen molar-refractivity contribution >= 4 is 29.1 Å². The van der Waals surface area contributed by atoms with Gasteiger partial charge in [-0.25, -0.2) is 4.79 Å². The third-order valence-electron chi connectivity index (χ3n) is 7.16. The summed E-state index contributed by atoms with van der Waals surface area (Å²) in [5.74, 6) is 0. The topological polar surface area (TPSA) is 37.3 Å². The van der Waals surface area contributed by atoms with Crippen LogP contribution in [0.2, 0.25) is 0 Å². The zero-order valence-electron chi connectivity index (χ0n) is 19.9. The number of amides is 2. The van der Waals surface area contributed by atoms with Gasteiger partial charge in [-0.3, -0.25) is 0 Å². The SMILES string of the molecule is CSc1ccc([C@@H]2c3cccn3-c3sc4c(c3CN2C(=O)NCc2ccccc2)CCCC4)cc1. The van der Waals surface area contributed by atoms with Gasteiger partial charge in [0.2, 0.25) is 0 Å². The van der Waals surface area contributed by atoms with Gasteiger partial charge in [0.15, 0.2) is 0 Å². The second-order valence-electron chi connectivity index (χ2n) is 9.25. The number of rotatable bonds is 4. The summed E-state index contributed by atoms with van der Waals surface area (Å²) < 4.78 is 2.34. The van der Waals surface area contributed by atoms with Gasteiger partial charge in [0.05, 0.1) is 18.3 Å². The van der Waals surface area contributed by atoms with E-state index in [0.717, 1.165) is 29.7 Å². The van der Waals surface area contributed by atoms with Crippen molar-refractivity contribution in [2.24, 2.45) is 0 Å². The highest BCUT2D eigenvalue weighted by Gasteiger charge is 2.36. The summed E-state index contributed by atoms with van der Waals surface area (Å²) in [6.45, 7) is 1.14. The minimum Gasteiger partial charge on any atom is -0.334 e. The lowest BCUT2D eigenvalue weighted by Crippen LogP contribution is -2.41. The van der Waals surface area contributed by atoms with Crippen molar-refractivity contribution in [3.05, 3.63) is 106 Å². The number of benzene rings is 2. The summed E-state index contributed by atoms with van der Waals surface area (Å²) in [5.41, 5.74) is 6.21. The zero-order chi connectivity index (χ0) is 23.8. The first kappa shape index (κ1) is 22.5. The average molecular weight is 500 g/mol. The molecule has 0 saturated carbocycles. The molecule has 1 aliphatic carbocycles. The van der Waals surface area contributed by atoms with Gasteiger partial charge in [0.25, 0.3) is 0 Å². The van der Waals surface area contributed by atoms with E-state index in [0.29, 0.717) is 13.1 Å². The number of urea groups is 1. The Balaban J connectivity index is 1.44. The maximum Gasteiger partial charge on any atom is 0.318 e. The third kappa shape index (κ3) is 4.19. The van der Waals surface area contributed by atoms with Crippen molar-refractivity contribution in [3.63, 3.8) is 0 Å². The van der Waals surface area contributed by atoms with Crippen molar-refractivity contribution in [2.45, 2.75) is 49.7 Å². The number of hydrogen-bond acceptors (Lipinski definition) is 3. The fourth-order valence-electron chi connectivity index (χ4n) is 5.40. The molecule has 0 fully saturated rings. The van der Waals surface area contributed by atoms with Gasteiger partial charge in [-0.1, -0.05) is 42.5 Å². The number of aryl methyl sites for hydroxylation is 1. The Bertz CT molecular complexity index is 1340. The van der Waals surface area contributed by atoms with Gasteiger partial charge in [-0.15, -0.1) is 23.1 Å². The van der Waals surface area contributed by atoms with Crippen LogP contribution < -0.4 is 5.32 Å². The Morgan fingerprint density at radius 1 is 1.00 bits per heavy atom. The molecule has 4 nitrogen and oxygen atoms in total. The van der Waals surface area contributed by atoms with Crippen molar-refractivity contribution in [3.8, 4) is 5.00 Å². The predicted octanol–water partition coefficient (Wildman–Crippen LogP) is 6.95. The minimum absolute atomic E-state index is 0.0239. The number of hydrogen-bond donors (Lipinski definition) is 1. The number of carbonyl (C=O) groups is 1. The van der Waals surface area contributed by atoms with Crippen LogP contribution in [0.5, 0.6) is 0 Å². The number of nitrogens with one attached hydrogen (secondary N) is 1. The maximum atomic E-state index is 13.9. The highest BCUT2D eigenvalue weighted by atomic mass is 32.2. The molecule has 178 valence electrons. The van der Waals surface area contributed by atoms with E-state index in [1.807, 2.05) is 29.5 Å². The molecule has 2 aliphatic rings. The Labute approximate surface area is 215 Å². The van der Waals surface area contributed by atoms with Crippen LogP contribution >= 0.6 is 23.1 Å². The molecule has 0 bridgehead atoms. The van der Waals surface area contributed by atoms with Crippen molar-refractivity contribution in [1.82, 2.24) is 14.8 Å². The van der Waals surface area contributed by atoms with Gasteiger partial charge in [0, 0.05) is 28.1 Å². The molecular formula is C29H29N3OS2. The van der Waals surface area contributed by atoms with Crippen LogP contribution in [0.4, 0.5) is 4.79 Å². The van der Waals surface area contributed by atoms with Crippen LogP contribution in [0.15, 0.2) is 77.8 Å². The van der Waals surface area contributed by atoms with Crippen LogP contribution in [0.25, 0.3) is 5.00 Å². The summed E-state index contributed by atoms with van der Waals surface area (Å²) in [7, 11) is 0. The summed E-state index contributed by atoms with van der Waals surface area (Å²) in [6, 6.07) is 22.9. The molecule has 2 aromatic carbocycles. The fraction of sp³-hybridized carbons (Fsp3) is 0.276. The summed E-state index contributed by atoms with van der Waals surface area (Å²) in [4.78, 5) is 18.7. The molecule has 0 radical (unpaired) electrons. The van der Waals surface area contributed by atoms with Crippen molar-refractivity contribution in [2.75, 3.05) is 6.26 Å². The van der Waals surface area contributed by atoms with Gasteiger partial charge in [-0.05, 0) is 72.9 Å². The van der Waals surface area contributed by atoms with Crippen molar-refractivity contribution in [1.29, 1.82) is 0 Å². The molecule has 0 saturated heterocycles.